The molecule has 13 heavy (non-hydrogen) atoms. The fraction of sp³-hybridized carbons (Fsp3) is 0.250. The van der Waals surface area contributed by atoms with Crippen molar-refractivity contribution < 1.29 is 14.7 Å². The highest BCUT2D eigenvalue weighted by Gasteiger charge is 2.11. The number of methoxy groups -OCH3 is 1. The predicted molar refractivity (Wildman–Crippen MR) is 51.3 cm³/mol. The van der Waals surface area contributed by atoms with Crippen molar-refractivity contribution in [2.75, 3.05) is 7.11 Å². The summed E-state index contributed by atoms with van der Waals surface area (Å²) < 4.78 is 5.57. The lowest BCUT2D eigenvalue weighted by molar-refractivity contribution is 0.121. The second-order valence-corrected chi connectivity index (χ2v) is 3.25. The smallest absolute Gasteiger partial charge is 0.172 e. The minimum Gasteiger partial charge on any atom is -0.503 e. The molecule has 0 fully saturated rings. The first kappa shape index (κ1) is 10.3. The van der Waals surface area contributed by atoms with Crippen LogP contribution in [-0.4, -0.2) is 12.2 Å². The van der Waals surface area contributed by atoms with E-state index in [1.807, 2.05) is 0 Å². The van der Waals surface area contributed by atoms with Gasteiger partial charge in [-0.05, 0) is 22.0 Å². The van der Waals surface area contributed by atoms with E-state index in [1.54, 1.807) is 12.1 Å². The molecule has 1 aromatic rings. The van der Waals surface area contributed by atoms with Crippen molar-refractivity contribution in [2.24, 2.45) is 5.90 Å². The zero-order valence-corrected chi connectivity index (χ0v) is 8.67. The molecule has 0 radical (unpaired) electrons. The third-order valence-corrected chi connectivity index (χ3v) is 2.25. The van der Waals surface area contributed by atoms with Crippen LogP contribution in [-0.2, 0) is 11.4 Å². The standard InChI is InChI=1S/C8H10BrNO3/c1-12-8-5(4-13-10)2-3-6(9)7(8)11/h2-3,11H,4,10H2,1H3. The molecule has 72 valence electrons. The lowest BCUT2D eigenvalue weighted by Crippen LogP contribution is -2.01. The monoisotopic (exact) mass is 247 g/mol. The fourth-order valence-electron chi connectivity index (χ4n) is 1.02. The first-order valence-corrected chi connectivity index (χ1v) is 4.36. The Bertz CT molecular complexity index is 304. The molecule has 0 aliphatic heterocycles. The Kier molecular flexibility index (Phi) is 3.53. The lowest BCUT2D eigenvalue weighted by atomic mass is 10.2. The van der Waals surface area contributed by atoms with Crippen LogP contribution < -0.4 is 10.6 Å². The molecule has 0 bridgehead atoms. The second kappa shape index (κ2) is 4.45. The van der Waals surface area contributed by atoms with Gasteiger partial charge in [-0.2, -0.15) is 0 Å². The number of rotatable bonds is 3. The van der Waals surface area contributed by atoms with Crippen molar-refractivity contribution in [1.82, 2.24) is 0 Å². The van der Waals surface area contributed by atoms with Gasteiger partial charge in [0, 0.05) is 5.56 Å². The van der Waals surface area contributed by atoms with E-state index in [9.17, 15) is 5.11 Å². The van der Waals surface area contributed by atoms with Crippen LogP contribution in [0.2, 0.25) is 0 Å². The number of phenols is 1. The molecule has 0 aliphatic carbocycles. The van der Waals surface area contributed by atoms with E-state index in [2.05, 4.69) is 20.8 Å². The molecular formula is C8H10BrNO3. The summed E-state index contributed by atoms with van der Waals surface area (Å²) in [5, 5.41) is 9.54. The van der Waals surface area contributed by atoms with Gasteiger partial charge in [0.25, 0.3) is 0 Å². The molecule has 0 atom stereocenters. The van der Waals surface area contributed by atoms with Crippen LogP contribution in [0.15, 0.2) is 16.6 Å². The lowest BCUT2D eigenvalue weighted by Gasteiger charge is -2.09. The van der Waals surface area contributed by atoms with Gasteiger partial charge in [-0.15, -0.1) is 0 Å². The molecule has 0 spiro atoms. The summed E-state index contributed by atoms with van der Waals surface area (Å²) in [5.41, 5.74) is 0.700. The minimum absolute atomic E-state index is 0.0528. The first-order valence-electron chi connectivity index (χ1n) is 3.56. The molecule has 5 heteroatoms. The van der Waals surface area contributed by atoms with Gasteiger partial charge in [-0.25, -0.2) is 5.90 Å². The van der Waals surface area contributed by atoms with Gasteiger partial charge < -0.3 is 9.84 Å². The third kappa shape index (κ3) is 2.12. The van der Waals surface area contributed by atoms with Gasteiger partial charge in [-0.3, -0.25) is 4.84 Å². The van der Waals surface area contributed by atoms with E-state index in [4.69, 9.17) is 10.6 Å². The highest BCUT2D eigenvalue weighted by molar-refractivity contribution is 9.10. The van der Waals surface area contributed by atoms with Crippen molar-refractivity contribution in [1.29, 1.82) is 0 Å². The second-order valence-electron chi connectivity index (χ2n) is 2.40. The van der Waals surface area contributed by atoms with Crippen LogP contribution >= 0.6 is 15.9 Å². The van der Waals surface area contributed by atoms with Crippen LogP contribution in [0, 0.1) is 0 Å². The quantitative estimate of drug-likeness (QED) is 0.796. The van der Waals surface area contributed by atoms with E-state index in [0.29, 0.717) is 15.8 Å². The zero-order chi connectivity index (χ0) is 9.84. The van der Waals surface area contributed by atoms with E-state index in [1.165, 1.54) is 7.11 Å². The average Bonchev–Trinajstić information content (AvgIpc) is 2.12. The van der Waals surface area contributed by atoms with E-state index >= 15 is 0 Å². The molecule has 0 amide bonds. The van der Waals surface area contributed by atoms with Gasteiger partial charge >= 0.3 is 0 Å². The van der Waals surface area contributed by atoms with Crippen LogP contribution in [0.3, 0.4) is 0 Å². The number of benzene rings is 1. The average molecular weight is 248 g/mol. The highest BCUT2D eigenvalue weighted by Crippen LogP contribution is 2.36. The summed E-state index contributed by atoms with van der Waals surface area (Å²) in [5.74, 6) is 5.35. The number of aromatic hydroxyl groups is 1. The molecule has 1 aromatic carbocycles. The van der Waals surface area contributed by atoms with Gasteiger partial charge in [0.2, 0.25) is 0 Å². The number of ether oxygens (including phenoxy) is 1. The third-order valence-electron chi connectivity index (χ3n) is 1.61. The Morgan fingerprint density at radius 1 is 1.54 bits per heavy atom. The van der Waals surface area contributed by atoms with Crippen LogP contribution in [0.1, 0.15) is 5.56 Å². The first-order chi connectivity index (χ1) is 6.20. The molecule has 0 aromatic heterocycles. The molecular weight excluding hydrogens is 238 g/mol. The maximum atomic E-state index is 9.54. The number of phenolic OH excluding ortho intramolecular Hbond substituents is 1. The van der Waals surface area contributed by atoms with Crippen LogP contribution in [0.25, 0.3) is 0 Å². The number of hydrogen-bond acceptors (Lipinski definition) is 4. The topological polar surface area (TPSA) is 64.7 Å². The molecule has 0 unspecified atom stereocenters. The van der Waals surface area contributed by atoms with Gasteiger partial charge in [-0.1, -0.05) is 6.07 Å². The Labute approximate surface area is 84.3 Å². The Hall–Kier alpha value is -0.780. The fourth-order valence-corrected chi connectivity index (χ4v) is 1.33. The van der Waals surface area contributed by atoms with Crippen molar-refractivity contribution in [3.63, 3.8) is 0 Å². The van der Waals surface area contributed by atoms with Crippen LogP contribution in [0.5, 0.6) is 11.5 Å². The molecule has 0 aliphatic rings. The largest absolute Gasteiger partial charge is 0.503 e. The number of nitrogens with two attached hydrogens (primary N) is 1. The van der Waals surface area contributed by atoms with E-state index in [-0.39, 0.29) is 12.4 Å². The molecule has 1 rings (SSSR count). The van der Waals surface area contributed by atoms with Gasteiger partial charge in [0.1, 0.15) is 0 Å². The Morgan fingerprint density at radius 3 is 2.77 bits per heavy atom. The molecule has 0 saturated heterocycles. The predicted octanol–water partition coefficient (Wildman–Crippen LogP) is 1.55. The number of hydrogen-bond donors (Lipinski definition) is 2. The molecule has 3 N–H and O–H groups in total. The van der Waals surface area contributed by atoms with Crippen molar-refractivity contribution in [2.45, 2.75) is 6.61 Å². The van der Waals surface area contributed by atoms with Crippen molar-refractivity contribution in [3.05, 3.63) is 22.2 Å². The van der Waals surface area contributed by atoms with Gasteiger partial charge in [0.15, 0.2) is 11.5 Å². The number of halogens is 1. The summed E-state index contributed by atoms with van der Waals surface area (Å²) in [7, 11) is 1.47. The summed E-state index contributed by atoms with van der Waals surface area (Å²) in [6.07, 6.45) is 0. The summed E-state index contributed by atoms with van der Waals surface area (Å²) >= 11 is 3.17. The summed E-state index contributed by atoms with van der Waals surface area (Å²) in [6.45, 7) is 0.198. The maximum absolute atomic E-state index is 9.54. The Morgan fingerprint density at radius 2 is 2.23 bits per heavy atom. The zero-order valence-electron chi connectivity index (χ0n) is 7.08. The summed E-state index contributed by atoms with van der Waals surface area (Å²) in [4.78, 5) is 4.46. The molecule has 0 saturated carbocycles. The van der Waals surface area contributed by atoms with Gasteiger partial charge in [0.05, 0.1) is 18.2 Å². The molecule has 4 nitrogen and oxygen atoms in total. The normalized spacial score (nSPS) is 10.1. The van der Waals surface area contributed by atoms with Crippen LogP contribution in [0.4, 0.5) is 0 Å². The van der Waals surface area contributed by atoms with Crippen molar-refractivity contribution >= 4 is 15.9 Å². The maximum Gasteiger partial charge on any atom is 0.172 e. The van der Waals surface area contributed by atoms with E-state index in [0.717, 1.165) is 0 Å². The van der Waals surface area contributed by atoms with Crippen molar-refractivity contribution in [3.8, 4) is 11.5 Å². The molecule has 0 heterocycles. The SMILES string of the molecule is COc1c(CON)ccc(Br)c1O. The minimum atomic E-state index is 0.0528. The summed E-state index contributed by atoms with van der Waals surface area (Å²) in [6, 6.07) is 3.46. The highest BCUT2D eigenvalue weighted by atomic mass is 79.9. The van der Waals surface area contributed by atoms with E-state index < -0.39 is 0 Å². The Balaban J connectivity index is 3.13.